The molecule has 0 spiro atoms. The van der Waals surface area contributed by atoms with Gasteiger partial charge in [0.15, 0.2) is 0 Å². The van der Waals surface area contributed by atoms with Gasteiger partial charge < -0.3 is 5.32 Å². The third-order valence-electron chi connectivity index (χ3n) is 4.34. The zero-order valence-electron chi connectivity index (χ0n) is 13.8. The van der Waals surface area contributed by atoms with Gasteiger partial charge in [-0.25, -0.2) is 9.97 Å². The van der Waals surface area contributed by atoms with Crippen LogP contribution < -0.4 is 5.32 Å². The molecule has 1 N–H and O–H groups in total. The quantitative estimate of drug-likeness (QED) is 0.661. The second-order valence-electron chi connectivity index (χ2n) is 6.23. The Labute approximate surface area is 144 Å². The highest BCUT2D eigenvalue weighted by Gasteiger charge is 2.28. The summed E-state index contributed by atoms with van der Waals surface area (Å²) < 4.78 is 0. The number of pyridine rings is 1. The van der Waals surface area contributed by atoms with Gasteiger partial charge in [-0.2, -0.15) is 0 Å². The molecule has 1 aliphatic heterocycles. The molecule has 2 aromatic heterocycles. The molecule has 0 unspecified atom stereocenters. The maximum Gasteiger partial charge on any atom is 0.311 e. The average molecular weight is 347 g/mol. The normalized spacial score (nSPS) is 21.6. The second-order valence-corrected chi connectivity index (χ2v) is 7.55. The second kappa shape index (κ2) is 7.23. The van der Waals surface area contributed by atoms with Crippen molar-refractivity contribution in [1.82, 2.24) is 14.9 Å². The van der Waals surface area contributed by atoms with E-state index < -0.39 is 0 Å². The van der Waals surface area contributed by atoms with Crippen molar-refractivity contribution in [2.24, 2.45) is 5.92 Å². The third kappa shape index (κ3) is 3.88. The smallest absolute Gasteiger partial charge is 0.311 e. The van der Waals surface area contributed by atoms with Crippen molar-refractivity contribution >= 4 is 22.8 Å². The Morgan fingerprint density at radius 1 is 1.50 bits per heavy atom. The highest BCUT2D eigenvalue weighted by molar-refractivity contribution is 7.11. The molecule has 0 saturated carbocycles. The number of nitrogens with one attached hydrogen (secondary N) is 1. The highest BCUT2D eigenvalue weighted by atomic mass is 32.1. The molecule has 0 radical (unpaired) electrons. The Kier molecular flexibility index (Phi) is 5.06. The summed E-state index contributed by atoms with van der Waals surface area (Å²) >= 11 is 1.74. The zero-order chi connectivity index (χ0) is 17.1. The number of hydrogen-bond acceptors (Lipinski definition) is 7. The zero-order valence-corrected chi connectivity index (χ0v) is 14.6. The predicted molar refractivity (Wildman–Crippen MR) is 94.2 cm³/mol. The van der Waals surface area contributed by atoms with Crippen LogP contribution in [0, 0.1) is 23.0 Å². The highest BCUT2D eigenvalue weighted by Crippen LogP contribution is 2.27. The fraction of sp³-hybridized carbons (Fsp3) is 0.500. The van der Waals surface area contributed by atoms with E-state index in [-0.39, 0.29) is 16.7 Å². The van der Waals surface area contributed by atoms with Crippen molar-refractivity contribution < 1.29 is 4.92 Å². The number of rotatable bonds is 5. The van der Waals surface area contributed by atoms with Crippen LogP contribution in [0.15, 0.2) is 24.5 Å². The van der Waals surface area contributed by atoms with Crippen LogP contribution in [0.2, 0.25) is 0 Å². The first-order chi connectivity index (χ1) is 11.5. The molecule has 2 atom stereocenters. The van der Waals surface area contributed by atoms with Crippen LogP contribution in [0.1, 0.15) is 23.2 Å². The Morgan fingerprint density at radius 2 is 2.33 bits per heavy atom. The summed E-state index contributed by atoms with van der Waals surface area (Å²) in [6.45, 7) is 7.03. The molecule has 128 valence electrons. The number of thiazole rings is 1. The molecule has 0 aliphatic carbocycles. The van der Waals surface area contributed by atoms with Gasteiger partial charge in [0.1, 0.15) is 0 Å². The number of hydrogen-bond donors (Lipinski definition) is 1. The molecule has 7 nitrogen and oxygen atoms in total. The molecular weight excluding hydrogens is 326 g/mol. The lowest BCUT2D eigenvalue weighted by molar-refractivity contribution is -0.384. The average Bonchev–Trinajstić information content (AvgIpc) is 2.95. The van der Waals surface area contributed by atoms with Gasteiger partial charge in [0.25, 0.3) is 0 Å². The number of anilines is 1. The molecule has 0 bridgehead atoms. The summed E-state index contributed by atoms with van der Waals surface area (Å²) in [7, 11) is 0. The first-order valence-corrected chi connectivity index (χ1v) is 8.84. The minimum atomic E-state index is -0.388. The number of nitrogens with zero attached hydrogens (tertiary/aromatic N) is 4. The summed E-state index contributed by atoms with van der Waals surface area (Å²) in [4.78, 5) is 22.9. The number of nitro groups is 1. The molecule has 24 heavy (non-hydrogen) atoms. The number of aromatic nitrogens is 2. The van der Waals surface area contributed by atoms with Gasteiger partial charge in [-0.05, 0) is 25.3 Å². The van der Waals surface area contributed by atoms with Crippen LogP contribution in [-0.2, 0) is 6.54 Å². The van der Waals surface area contributed by atoms with E-state index in [1.165, 1.54) is 10.9 Å². The molecule has 1 fully saturated rings. The molecule has 0 amide bonds. The molecule has 1 aliphatic rings. The van der Waals surface area contributed by atoms with Gasteiger partial charge in [0.2, 0.25) is 5.82 Å². The SMILES string of the molecule is Cc1ncc(CN2CC[C@@H](Nc3ncccc3[N+](=O)[O-])[C@@H](C)C2)s1. The van der Waals surface area contributed by atoms with Crippen molar-refractivity contribution in [3.05, 3.63) is 44.5 Å². The maximum atomic E-state index is 11.1. The predicted octanol–water partition coefficient (Wildman–Crippen LogP) is 3.08. The Hall–Kier alpha value is -2.06. The van der Waals surface area contributed by atoms with Gasteiger partial charge in [0, 0.05) is 49.0 Å². The Morgan fingerprint density at radius 3 is 3.00 bits per heavy atom. The van der Waals surface area contributed by atoms with Crippen molar-refractivity contribution in [1.29, 1.82) is 0 Å². The van der Waals surface area contributed by atoms with Gasteiger partial charge in [-0.15, -0.1) is 11.3 Å². The largest absolute Gasteiger partial charge is 0.361 e. The number of aryl methyl sites for hydroxylation is 1. The monoisotopic (exact) mass is 347 g/mol. The van der Waals surface area contributed by atoms with Crippen molar-refractivity contribution in [2.45, 2.75) is 32.9 Å². The van der Waals surface area contributed by atoms with Gasteiger partial charge in [0.05, 0.1) is 9.93 Å². The lowest BCUT2D eigenvalue weighted by atomic mass is 9.93. The van der Waals surface area contributed by atoms with E-state index in [1.54, 1.807) is 23.6 Å². The summed E-state index contributed by atoms with van der Waals surface area (Å²) in [5.41, 5.74) is 0.0345. The first kappa shape index (κ1) is 16.8. The van der Waals surface area contributed by atoms with E-state index in [0.717, 1.165) is 31.1 Å². The molecule has 1 saturated heterocycles. The fourth-order valence-electron chi connectivity index (χ4n) is 3.12. The molecule has 8 heteroatoms. The number of piperidine rings is 1. The molecule has 0 aromatic carbocycles. The topological polar surface area (TPSA) is 84.2 Å². The summed E-state index contributed by atoms with van der Waals surface area (Å²) in [6.07, 6.45) is 4.47. The minimum absolute atomic E-state index is 0.0345. The van der Waals surface area contributed by atoms with Crippen LogP contribution in [0.3, 0.4) is 0 Å². The van der Waals surface area contributed by atoms with Crippen molar-refractivity contribution in [3.8, 4) is 0 Å². The van der Waals surface area contributed by atoms with Crippen LogP contribution >= 0.6 is 11.3 Å². The van der Waals surface area contributed by atoms with E-state index in [2.05, 4.69) is 27.1 Å². The van der Waals surface area contributed by atoms with E-state index >= 15 is 0 Å². The summed E-state index contributed by atoms with van der Waals surface area (Å²) in [5, 5.41) is 15.5. The Bertz CT molecular complexity index is 720. The minimum Gasteiger partial charge on any atom is -0.361 e. The van der Waals surface area contributed by atoms with Crippen LogP contribution in [-0.4, -0.2) is 38.9 Å². The fourth-order valence-corrected chi connectivity index (χ4v) is 3.96. The summed E-state index contributed by atoms with van der Waals surface area (Å²) in [6, 6.07) is 3.27. The molecule has 2 aromatic rings. The van der Waals surface area contributed by atoms with Crippen LogP contribution in [0.4, 0.5) is 11.5 Å². The maximum absolute atomic E-state index is 11.1. The molecular formula is C16H21N5O2S. The van der Waals surface area contributed by atoms with Gasteiger partial charge >= 0.3 is 5.69 Å². The van der Waals surface area contributed by atoms with Crippen molar-refractivity contribution in [3.63, 3.8) is 0 Å². The van der Waals surface area contributed by atoms with Crippen LogP contribution in [0.5, 0.6) is 0 Å². The van der Waals surface area contributed by atoms with Crippen LogP contribution in [0.25, 0.3) is 0 Å². The lowest BCUT2D eigenvalue weighted by Gasteiger charge is -2.37. The third-order valence-corrected chi connectivity index (χ3v) is 5.24. The first-order valence-electron chi connectivity index (χ1n) is 8.02. The molecule has 3 rings (SSSR count). The molecule has 3 heterocycles. The van der Waals surface area contributed by atoms with E-state index in [0.29, 0.717) is 11.7 Å². The Balaban J connectivity index is 1.61. The van der Waals surface area contributed by atoms with E-state index in [9.17, 15) is 10.1 Å². The lowest BCUT2D eigenvalue weighted by Crippen LogP contribution is -2.44. The standard InChI is InChI=1S/C16H21N5O2S/c1-11-9-20(10-13-8-18-12(2)24-13)7-5-14(11)19-16-15(21(22)23)4-3-6-17-16/h3-4,6,8,11,14H,5,7,9-10H2,1-2H3,(H,17,19)/t11-,14+/m0/s1. The van der Waals surface area contributed by atoms with E-state index in [1.807, 2.05) is 13.1 Å². The van der Waals surface area contributed by atoms with Crippen molar-refractivity contribution in [2.75, 3.05) is 18.4 Å². The number of likely N-dealkylation sites (tertiary alicyclic amines) is 1. The summed E-state index contributed by atoms with van der Waals surface area (Å²) in [5.74, 6) is 0.750. The van der Waals surface area contributed by atoms with E-state index in [4.69, 9.17) is 0 Å². The van der Waals surface area contributed by atoms with Gasteiger partial charge in [-0.1, -0.05) is 6.92 Å². The van der Waals surface area contributed by atoms with Gasteiger partial charge in [-0.3, -0.25) is 15.0 Å².